The summed E-state index contributed by atoms with van der Waals surface area (Å²) in [6.07, 6.45) is 0.723. The number of halogens is 2. The first kappa shape index (κ1) is 27.3. The van der Waals surface area contributed by atoms with Crippen LogP contribution in [0.1, 0.15) is 53.1 Å². The highest BCUT2D eigenvalue weighted by Crippen LogP contribution is 2.32. The number of carbonyl (C=O) groups excluding carboxylic acids is 3. The summed E-state index contributed by atoms with van der Waals surface area (Å²) < 4.78 is 45.4. The van der Waals surface area contributed by atoms with Gasteiger partial charge in [0.1, 0.15) is 11.4 Å². The molecule has 13 nitrogen and oxygen atoms in total. The number of morpholine rings is 1. The van der Waals surface area contributed by atoms with Crippen molar-refractivity contribution in [1.82, 2.24) is 24.4 Å². The number of aromatic nitrogens is 5. The highest BCUT2D eigenvalue weighted by atomic mass is 19.3. The molecule has 0 saturated carbocycles. The Morgan fingerprint density at radius 3 is 2.60 bits per heavy atom. The van der Waals surface area contributed by atoms with Crippen molar-refractivity contribution in [1.29, 1.82) is 0 Å². The van der Waals surface area contributed by atoms with Crippen molar-refractivity contribution in [3.8, 4) is 5.69 Å². The number of nitrogens with one attached hydrogen (secondary N) is 1. The van der Waals surface area contributed by atoms with Crippen molar-refractivity contribution >= 4 is 35.2 Å². The van der Waals surface area contributed by atoms with Crippen molar-refractivity contribution in [2.45, 2.75) is 44.9 Å². The van der Waals surface area contributed by atoms with Gasteiger partial charge in [0, 0.05) is 12.7 Å². The van der Waals surface area contributed by atoms with Crippen molar-refractivity contribution in [2.24, 2.45) is 0 Å². The van der Waals surface area contributed by atoms with E-state index >= 15 is 0 Å². The zero-order valence-corrected chi connectivity index (χ0v) is 22.4. The van der Waals surface area contributed by atoms with Gasteiger partial charge < -0.3 is 24.4 Å². The lowest BCUT2D eigenvalue weighted by Gasteiger charge is -2.27. The quantitative estimate of drug-likeness (QED) is 0.253. The maximum atomic E-state index is 13.9. The Balaban J connectivity index is 1.21. The third-order valence-corrected chi connectivity index (χ3v) is 6.87. The molecule has 4 aromatic rings. The number of carbonyl (C=O) groups is 3. The van der Waals surface area contributed by atoms with E-state index in [0.717, 1.165) is 11.1 Å². The van der Waals surface area contributed by atoms with Gasteiger partial charge in [0.25, 0.3) is 12.3 Å². The summed E-state index contributed by atoms with van der Waals surface area (Å²) in [4.78, 5) is 43.8. The van der Waals surface area contributed by atoms with Crippen molar-refractivity contribution in [2.75, 3.05) is 23.4 Å². The molecule has 6 rings (SSSR count). The number of amides is 1. The average Bonchev–Trinajstić information content (AvgIpc) is 3.75. The lowest BCUT2D eigenvalue weighted by Crippen LogP contribution is -2.37. The molecule has 42 heavy (non-hydrogen) atoms. The summed E-state index contributed by atoms with van der Waals surface area (Å²) in [6, 6.07) is 7.54. The Hall–Kier alpha value is -4.92. The van der Waals surface area contributed by atoms with E-state index < -0.39 is 36.3 Å². The largest absolute Gasteiger partial charge is 0.516 e. The molecule has 1 N–H and O–H groups in total. The number of hydrogen-bond acceptors (Lipinski definition) is 10. The molecule has 0 spiro atoms. The number of esters is 1. The van der Waals surface area contributed by atoms with Crippen LogP contribution in [0.5, 0.6) is 0 Å². The fourth-order valence-electron chi connectivity index (χ4n) is 4.93. The van der Waals surface area contributed by atoms with Crippen LogP contribution in [0, 0.1) is 0 Å². The summed E-state index contributed by atoms with van der Waals surface area (Å²) in [5.74, 6) is -0.948. The molecule has 3 aromatic heterocycles. The second-order valence-corrected chi connectivity index (χ2v) is 10.1. The topological polar surface area (TPSA) is 142 Å². The highest BCUT2D eigenvalue weighted by molar-refractivity contribution is 6.08. The molecule has 2 saturated heterocycles. The van der Waals surface area contributed by atoms with E-state index in [1.165, 1.54) is 41.2 Å². The number of ether oxygens (including phenoxy) is 3. The van der Waals surface area contributed by atoms with Crippen molar-refractivity contribution in [3.05, 3.63) is 65.7 Å². The molecule has 2 fully saturated rings. The normalized spacial score (nSPS) is 17.8. The predicted octanol–water partition coefficient (Wildman–Crippen LogP) is 3.78. The molecule has 2 aliphatic heterocycles. The summed E-state index contributed by atoms with van der Waals surface area (Å²) in [7, 11) is 0. The maximum Gasteiger partial charge on any atom is 0.516 e. The van der Waals surface area contributed by atoms with Crippen LogP contribution >= 0.6 is 0 Å². The SMILES string of the molecule is CC(C)OC(=O)OC(=O)c1ccc(-n2cc(NC(=O)c3cnn4ccc(N5C[C@H]6C[C@@H]5CO6)nc34)c(C(F)F)n2)cc1. The lowest BCUT2D eigenvalue weighted by atomic mass is 10.2. The van der Waals surface area contributed by atoms with Crippen LogP contribution in [-0.2, 0) is 14.2 Å². The van der Waals surface area contributed by atoms with Gasteiger partial charge >= 0.3 is 12.1 Å². The fraction of sp³-hybridized carbons (Fsp3) is 0.333. The first-order chi connectivity index (χ1) is 20.2. The number of hydrogen-bond donors (Lipinski definition) is 1. The van der Waals surface area contributed by atoms with E-state index in [-0.39, 0.29) is 34.6 Å². The molecule has 15 heteroatoms. The van der Waals surface area contributed by atoms with Gasteiger partial charge in [-0.3, -0.25) is 4.79 Å². The van der Waals surface area contributed by atoms with Crippen molar-refractivity contribution < 1.29 is 37.4 Å². The second kappa shape index (κ2) is 10.8. The van der Waals surface area contributed by atoms with Gasteiger partial charge in [0.05, 0.1) is 54.2 Å². The zero-order chi connectivity index (χ0) is 29.5. The van der Waals surface area contributed by atoms with Crippen LogP contribution in [0.25, 0.3) is 11.3 Å². The maximum absolute atomic E-state index is 13.9. The van der Waals surface area contributed by atoms with E-state index in [1.54, 1.807) is 20.0 Å². The van der Waals surface area contributed by atoms with Crippen LogP contribution in [-0.4, -0.2) is 73.8 Å². The fourth-order valence-corrected chi connectivity index (χ4v) is 4.93. The number of anilines is 2. The Labute approximate surface area is 237 Å². The molecule has 0 aliphatic carbocycles. The molecule has 218 valence electrons. The minimum Gasteiger partial charge on any atom is -0.431 e. The number of rotatable bonds is 7. The number of nitrogens with zero attached hydrogens (tertiary/aromatic N) is 6. The van der Waals surface area contributed by atoms with E-state index in [0.29, 0.717) is 24.7 Å². The molecular weight excluding hydrogens is 556 g/mol. The van der Waals surface area contributed by atoms with E-state index in [2.05, 4.69) is 30.1 Å². The molecule has 0 unspecified atom stereocenters. The van der Waals surface area contributed by atoms with Gasteiger partial charge in [0.15, 0.2) is 11.3 Å². The van der Waals surface area contributed by atoms with E-state index in [9.17, 15) is 23.2 Å². The van der Waals surface area contributed by atoms with Crippen LogP contribution in [0.15, 0.2) is 48.9 Å². The smallest absolute Gasteiger partial charge is 0.431 e. The predicted molar refractivity (Wildman–Crippen MR) is 142 cm³/mol. The van der Waals surface area contributed by atoms with Crippen LogP contribution in [0.2, 0.25) is 0 Å². The number of fused-ring (bicyclic) bond motifs is 3. The summed E-state index contributed by atoms with van der Waals surface area (Å²) in [5, 5.41) is 10.6. The van der Waals surface area contributed by atoms with Gasteiger partial charge in [-0.25, -0.2) is 32.6 Å². The van der Waals surface area contributed by atoms with E-state index in [1.807, 2.05) is 6.07 Å². The van der Waals surface area contributed by atoms with Crippen LogP contribution < -0.4 is 10.2 Å². The van der Waals surface area contributed by atoms with Gasteiger partial charge in [-0.1, -0.05) is 0 Å². The standard InChI is InChI=1S/C27H25F2N7O6/c1-14(2)41-27(39)42-26(38)15-3-5-16(6-4-15)36-12-20(22(33-36)23(28)29)31-25(37)19-10-30-35-8-7-21(32-24(19)35)34-11-18-9-17(34)13-40-18/h3-8,10,12,14,17-18,23H,9,11,13H2,1-2H3,(H,31,37)/t17-,18-/m1/s1. The zero-order valence-electron chi connectivity index (χ0n) is 22.4. The first-order valence-corrected chi connectivity index (χ1v) is 13.1. The molecule has 2 aliphatic rings. The number of benzene rings is 1. The van der Waals surface area contributed by atoms with Crippen LogP contribution in [0.3, 0.4) is 0 Å². The van der Waals surface area contributed by atoms with Gasteiger partial charge in [-0.15, -0.1) is 0 Å². The van der Waals surface area contributed by atoms with Gasteiger partial charge in [-0.2, -0.15) is 10.2 Å². The Morgan fingerprint density at radius 2 is 1.93 bits per heavy atom. The average molecular weight is 582 g/mol. The molecule has 0 radical (unpaired) electrons. The summed E-state index contributed by atoms with van der Waals surface area (Å²) in [5.41, 5.74) is -0.141. The molecule has 5 heterocycles. The summed E-state index contributed by atoms with van der Waals surface area (Å²) >= 11 is 0. The monoisotopic (exact) mass is 581 g/mol. The molecular formula is C27H25F2N7O6. The van der Waals surface area contributed by atoms with Gasteiger partial charge in [-0.05, 0) is 50.6 Å². The van der Waals surface area contributed by atoms with Crippen LogP contribution in [0.4, 0.5) is 25.1 Å². The Bertz CT molecular complexity index is 1670. The lowest BCUT2D eigenvalue weighted by molar-refractivity contribution is 0.0283. The third-order valence-electron chi connectivity index (χ3n) is 6.87. The molecule has 1 amide bonds. The molecule has 1 aromatic carbocycles. The van der Waals surface area contributed by atoms with Gasteiger partial charge in [0.2, 0.25) is 0 Å². The van der Waals surface area contributed by atoms with Crippen molar-refractivity contribution in [3.63, 3.8) is 0 Å². The highest BCUT2D eigenvalue weighted by Gasteiger charge is 2.39. The second-order valence-electron chi connectivity index (χ2n) is 10.1. The Morgan fingerprint density at radius 1 is 1.14 bits per heavy atom. The number of alkyl halides is 2. The minimum atomic E-state index is -3.00. The molecule has 2 bridgehead atoms. The Kier molecular flexibility index (Phi) is 7.02. The third kappa shape index (κ3) is 5.25. The minimum absolute atomic E-state index is 0.0310. The van der Waals surface area contributed by atoms with E-state index in [4.69, 9.17) is 9.47 Å². The summed E-state index contributed by atoms with van der Waals surface area (Å²) in [6.45, 7) is 4.53. The molecule has 2 atom stereocenters. The first-order valence-electron chi connectivity index (χ1n) is 13.1.